The number of nitrogens with one attached hydrogen (secondary N) is 2. The van der Waals surface area contributed by atoms with E-state index in [-0.39, 0.29) is 50.0 Å². The van der Waals surface area contributed by atoms with Crippen molar-refractivity contribution in [1.29, 1.82) is 0 Å². The third kappa shape index (κ3) is 5.83. The summed E-state index contributed by atoms with van der Waals surface area (Å²) in [7, 11) is 0. The van der Waals surface area contributed by atoms with Gasteiger partial charge in [0.1, 0.15) is 29.7 Å². The molecule has 2 heterocycles. The molecule has 2 N–H and O–H groups in total. The second-order valence-corrected chi connectivity index (χ2v) is 9.99. The summed E-state index contributed by atoms with van der Waals surface area (Å²) < 4.78 is 75.8. The number of alkyl halides is 3. The largest absolute Gasteiger partial charge is 0.492 e. The Balaban J connectivity index is 1.65. The van der Waals surface area contributed by atoms with Crippen LogP contribution >= 0.6 is 0 Å². The van der Waals surface area contributed by atoms with Gasteiger partial charge in [0.25, 0.3) is 0 Å². The lowest BCUT2D eigenvalue weighted by atomic mass is 9.87. The third-order valence-corrected chi connectivity index (χ3v) is 6.49. The Hall–Kier alpha value is -2.65. The van der Waals surface area contributed by atoms with Crippen LogP contribution in [0, 0.1) is 11.6 Å². The summed E-state index contributed by atoms with van der Waals surface area (Å²) in [5.74, 6) is -1.58. The minimum absolute atomic E-state index is 0.00232. The highest BCUT2D eigenvalue weighted by Crippen LogP contribution is 2.43. The van der Waals surface area contributed by atoms with E-state index >= 15 is 8.78 Å². The first kappa shape index (κ1) is 26.4. The van der Waals surface area contributed by atoms with E-state index in [0.29, 0.717) is 12.1 Å². The molecule has 0 saturated heterocycles. The van der Waals surface area contributed by atoms with Crippen molar-refractivity contribution in [2.45, 2.75) is 57.8 Å². The summed E-state index contributed by atoms with van der Waals surface area (Å²) in [6, 6.07) is 8.93. The normalized spacial score (nSPS) is 18.7. The molecule has 1 aliphatic heterocycles. The van der Waals surface area contributed by atoms with Crippen LogP contribution in [0.2, 0.25) is 0 Å². The number of fused-ring (bicyclic) bond motifs is 3. The van der Waals surface area contributed by atoms with Gasteiger partial charge in [-0.1, -0.05) is 18.2 Å². The number of aromatic amines is 1. The lowest BCUT2D eigenvalue weighted by Gasteiger charge is -2.43. The molecule has 196 valence electrons. The Morgan fingerprint density at radius 1 is 1.14 bits per heavy atom. The summed E-state index contributed by atoms with van der Waals surface area (Å²) >= 11 is 0. The number of hydrogen-bond acceptors (Lipinski definition) is 3. The Kier molecular flexibility index (Phi) is 7.90. The highest BCUT2D eigenvalue weighted by Gasteiger charge is 2.41. The van der Waals surface area contributed by atoms with Crippen molar-refractivity contribution in [1.82, 2.24) is 15.2 Å². The summed E-state index contributed by atoms with van der Waals surface area (Å²) in [6.45, 7) is 5.29. The number of ether oxygens (including phenoxy) is 1. The van der Waals surface area contributed by atoms with Crippen LogP contribution in [0.4, 0.5) is 22.0 Å². The molecule has 4 rings (SSSR count). The topological polar surface area (TPSA) is 40.3 Å². The molecule has 0 fully saturated rings. The standard InChI is InChI=1S/C27H32F5N3O/c1-16-12-19-18-6-4-5-7-22(18)34-25(19)26(35(16)15-27(2,3)32)24-20(28)13-17(14-21(24)29)36-11-10-33-9-8-23(30)31/h4-7,13-14,16,23,26,33-34H,8-12,15H2,1-3H3/t16-,26-/m1/s1. The van der Waals surface area contributed by atoms with Crippen LogP contribution in [0.25, 0.3) is 10.9 Å². The molecule has 0 amide bonds. The predicted octanol–water partition coefficient (Wildman–Crippen LogP) is 6.15. The fourth-order valence-electron chi connectivity index (χ4n) is 4.98. The van der Waals surface area contributed by atoms with Crippen LogP contribution in [0.15, 0.2) is 36.4 Å². The summed E-state index contributed by atoms with van der Waals surface area (Å²) in [6.07, 6.45) is -2.05. The quantitative estimate of drug-likeness (QED) is 0.254. The van der Waals surface area contributed by atoms with Gasteiger partial charge in [-0.2, -0.15) is 0 Å². The molecule has 0 saturated carbocycles. The van der Waals surface area contributed by atoms with Crippen molar-refractivity contribution in [2.24, 2.45) is 0 Å². The van der Waals surface area contributed by atoms with Crippen molar-refractivity contribution in [3.63, 3.8) is 0 Å². The average Bonchev–Trinajstić information content (AvgIpc) is 3.14. The fourth-order valence-corrected chi connectivity index (χ4v) is 4.98. The van der Waals surface area contributed by atoms with E-state index in [2.05, 4.69) is 10.3 Å². The molecule has 0 radical (unpaired) electrons. The number of halogens is 5. The van der Waals surface area contributed by atoms with E-state index in [0.717, 1.165) is 28.6 Å². The second kappa shape index (κ2) is 10.8. The monoisotopic (exact) mass is 509 g/mol. The number of benzene rings is 2. The van der Waals surface area contributed by atoms with E-state index in [1.54, 1.807) is 0 Å². The summed E-state index contributed by atoms with van der Waals surface area (Å²) in [4.78, 5) is 5.15. The van der Waals surface area contributed by atoms with Gasteiger partial charge in [0.05, 0.1) is 6.04 Å². The minimum Gasteiger partial charge on any atom is -0.492 e. The first-order valence-electron chi connectivity index (χ1n) is 12.2. The van der Waals surface area contributed by atoms with E-state index in [9.17, 15) is 13.2 Å². The maximum absolute atomic E-state index is 15.5. The van der Waals surface area contributed by atoms with Gasteiger partial charge >= 0.3 is 0 Å². The van der Waals surface area contributed by atoms with E-state index < -0.39 is 29.8 Å². The lowest BCUT2D eigenvalue weighted by molar-refractivity contribution is 0.0642. The van der Waals surface area contributed by atoms with Crippen molar-refractivity contribution in [3.8, 4) is 5.75 Å². The molecule has 0 unspecified atom stereocenters. The van der Waals surface area contributed by atoms with E-state index in [4.69, 9.17) is 4.74 Å². The molecule has 3 aromatic rings. The molecule has 4 nitrogen and oxygen atoms in total. The van der Waals surface area contributed by atoms with Gasteiger partial charge < -0.3 is 15.0 Å². The Bertz CT molecular complexity index is 1170. The van der Waals surface area contributed by atoms with Gasteiger partial charge in [0.15, 0.2) is 0 Å². The molecule has 1 aromatic heterocycles. The van der Waals surface area contributed by atoms with Gasteiger partial charge in [0, 0.05) is 66.4 Å². The number of aromatic nitrogens is 1. The van der Waals surface area contributed by atoms with Gasteiger partial charge in [-0.15, -0.1) is 0 Å². The van der Waals surface area contributed by atoms with Gasteiger partial charge in [-0.25, -0.2) is 22.0 Å². The molecule has 0 spiro atoms. The lowest BCUT2D eigenvalue weighted by Crippen LogP contribution is -2.48. The Morgan fingerprint density at radius 2 is 1.83 bits per heavy atom. The van der Waals surface area contributed by atoms with Crippen LogP contribution in [-0.4, -0.2) is 54.3 Å². The van der Waals surface area contributed by atoms with Crippen molar-refractivity contribution in [2.75, 3.05) is 26.2 Å². The first-order chi connectivity index (χ1) is 17.0. The van der Waals surface area contributed by atoms with Crippen molar-refractivity contribution >= 4 is 10.9 Å². The van der Waals surface area contributed by atoms with Gasteiger partial charge in [-0.05, 0) is 38.8 Å². The molecule has 36 heavy (non-hydrogen) atoms. The number of para-hydroxylation sites is 1. The summed E-state index contributed by atoms with van der Waals surface area (Å²) in [5.41, 5.74) is 0.754. The zero-order valence-corrected chi connectivity index (χ0v) is 20.7. The van der Waals surface area contributed by atoms with Gasteiger partial charge in [-0.3, -0.25) is 4.90 Å². The van der Waals surface area contributed by atoms with Crippen LogP contribution in [0.5, 0.6) is 5.75 Å². The predicted molar refractivity (Wildman–Crippen MR) is 131 cm³/mol. The number of rotatable bonds is 10. The van der Waals surface area contributed by atoms with Crippen LogP contribution in [0.1, 0.15) is 50.1 Å². The SMILES string of the molecule is C[C@@H]1Cc2c([nH]c3ccccc23)[C@@H](c2c(F)cc(OCCNCCC(F)F)cc2F)N1CC(C)(C)F. The second-order valence-electron chi connectivity index (χ2n) is 9.99. The molecular formula is C27H32F5N3O. The van der Waals surface area contributed by atoms with Crippen LogP contribution < -0.4 is 10.1 Å². The van der Waals surface area contributed by atoms with E-state index in [1.165, 1.54) is 13.8 Å². The smallest absolute Gasteiger partial charge is 0.239 e. The Labute approximate surface area is 207 Å². The maximum atomic E-state index is 15.5. The molecule has 2 aromatic carbocycles. The molecule has 0 aliphatic carbocycles. The van der Waals surface area contributed by atoms with Crippen molar-refractivity contribution < 1.29 is 26.7 Å². The summed E-state index contributed by atoms with van der Waals surface area (Å²) in [5, 5.41) is 3.79. The molecule has 0 bridgehead atoms. The van der Waals surface area contributed by atoms with E-state index in [1.807, 2.05) is 36.1 Å². The first-order valence-corrected chi connectivity index (χ1v) is 12.2. The molecule has 2 atom stereocenters. The molecule has 1 aliphatic rings. The highest BCUT2D eigenvalue weighted by molar-refractivity contribution is 5.85. The number of H-pyrrole nitrogens is 1. The molecular weight excluding hydrogens is 477 g/mol. The average molecular weight is 510 g/mol. The van der Waals surface area contributed by atoms with Crippen LogP contribution in [0.3, 0.4) is 0 Å². The maximum Gasteiger partial charge on any atom is 0.239 e. The minimum atomic E-state index is -2.39. The number of nitrogens with zero attached hydrogens (tertiary/aromatic N) is 1. The third-order valence-electron chi connectivity index (χ3n) is 6.49. The zero-order chi connectivity index (χ0) is 26.0. The number of hydrogen-bond donors (Lipinski definition) is 2. The fraction of sp³-hybridized carbons (Fsp3) is 0.481. The Morgan fingerprint density at radius 3 is 2.50 bits per heavy atom. The van der Waals surface area contributed by atoms with Crippen LogP contribution in [-0.2, 0) is 6.42 Å². The van der Waals surface area contributed by atoms with Gasteiger partial charge in [0.2, 0.25) is 6.43 Å². The van der Waals surface area contributed by atoms with Crippen molar-refractivity contribution in [3.05, 3.63) is 64.9 Å². The zero-order valence-electron chi connectivity index (χ0n) is 20.7. The molecule has 9 heteroatoms. The highest BCUT2D eigenvalue weighted by atomic mass is 19.3.